The fourth-order valence-corrected chi connectivity index (χ4v) is 2.04. The summed E-state index contributed by atoms with van der Waals surface area (Å²) >= 11 is 0. The number of hydrogen-bond donors (Lipinski definition) is 2. The Bertz CT molecular complexity index is 445. The first-order valence-corrected chi connectivity index (χ1v) is 8.04. The van der Waals surface area contributed by atoms with E-state index in [1.165, 1.54) is 0 Å². The Morgan fingerprint density at radius 3 is 2.08 bits per heavy atom. The Morgan fingerprint density at radius 2 is 1.54 bits per heavy atom. The molecule has 8 nitrogen and oxygen atoms in total. The molecule has 0 saturated heterocycles. The van der Waals surface area contributed by atoms with Crippen LogP contribution < -0.4 is 0 Å². The van der Waals surface area contributed by atoms with E-state index in [1.807, 2.05) is 0 Å². The van der Waals surface area contributed by atoms with Crippen LogP contribution in [0.1, 0.15) is 65.2 Å². The van der Waals surface area contributed by atoms with Gasteiger partial charge in [0.15, 0.2) is 5.60 Å². The Balaban J connectivity index is 4.37. The number of carboxylic acid groups (broad SMARTS) is 1. The molecule has 0 aliphatic rings. The number of hydrogen-bond acceptors (Lipinski definition) is 7. The van der Waals surface area contributed by atoms with Crippen molar-refractivity contribution in [2.45, 2.75) is 70.8 Å². The van der Waals surface area contributed by atoms with E-state index in [1.54, 1.807) is 0 Å². The second kappa shape index (κ2) is 11.6. The number of aliphatic hydroxyl groups is 1. The van der Waals surface area contributed by atoms with Crippen molar-refractivity contribution < 1.29 is 38.9 Å². The lowest BCUT2D eigenvalue weighted by Crippen LogP contribution is -2.45. The molecule has 8 heteroatoms. The fraction of sp³-hybridized carbons (Fsp3) is 0.750. The van der Waals surface area contributed by atoms with E-state index in [2.05, 4.69) is 11.7 Å². The molecule has 0 aromatic carbocycles. The molecule has 0 aliphatic heterocycles. The summed E-state index contributed by atoms with van der Waals surface area (Å²) in [4.78, 5) is 44.9. The zero-order valence-electron chi connectivity index (χ0n) is 14.2. The van der Waals surface area contributed by atoms with E-state index in [0.717, 1.165) is 39.0 Å². The normalized spacial score (nSPS) is 13.0. The van der Waals surface area contributed by atoms with E-state index < -0.39 is 42.3 Å². The van der Waals surface area contributed by atoms with Crippen LogP contribution in [0.5, 0.6) is 0 Å². The Hall–Kier alpha value is -1.96. The number of aliphatic carboxylic acids is 1. The highest BCUT2D eigenvalue weighted by atomic mass is 16.6. The Kier molecular flexibility index (Phi) is 10.6. The number of carbonyl (C=O) groups excluding carboxylic acids is 3. The van der Waals surface area contributed by atoms with Crippen LogP contribution in [-0.2, 0) is 28.7 Å². The molecule has 138 valence electrons. The molecule has 0 aliphatic carbocycles. The average Bonchev–Trinajstić information content (AvgIpc) is 2.44. The van der Waals surface area contributed by atoms with Gasteiger partial charge in [0.2, 0.25) is 0 Å². The standard InChI is InChI=1S/C16H26O8/c1-3-4-5-6-7-8-9-23-14(20)11-16(22,10-13(18)19)15(21)24-12(2)17/h22H,3-11H2,1-2H3,(H,18,19). The smallest absolute Gasteiger partial charge is 0.346 e. The van der Waals surface area contributed by atoms with Crippen molar-refractivity contribution in [3.63, 3.8) is 0 Å². The molecule has 0 heterocycles. The van der Waals surface area contributed by atoms with Gasteiger partial charge in [-0.15, -0.1) is 0 Å². The van der Waals surface area contributed by atoms with Gasteiger partial charge in [-0.25, -0.2) is 4.79 Å². The van der Waals surface area contributed by atoms with E-state index in [-0.39, 0.29) is 6.61 Å². The monoisotopic (exact) mass is 346 g/mol. The molecule has 0 amide bonds. The first kappa shape index (κ1) is 22.0. The third-order valence-corrected chi connectivity index (χ3v) is 3.26. The van der Waals surface area contributed by atoms with Gasteiger partial charge in [0.1, 0.15) is 0 Å². The summed E-state index contributed by atoms with van der Waals surface area (Å²) in [5.74, 6) is -4.92. The van der Waals surface area contributed by atoms with Gasteiger partial charge in [0.05, 0.1) is 19.4 Å². The highest BCUT2D eigenvalue weighted by Crippen LogP contribution is 2.19. The molecule has 0 saturated carbocycles. The zero-order valence-corrected chi connectivity index (χ0v) is 14.2. The fourth-order valence-electron chi connectivity index (χ4n) is 2.04. The average molecular weight is 346 g/mol. The van der Waals surface area contributed by atoms with Gasteiger partial charge in [-0.05, 0) is 6.42 Å². The minimum atomic E-state index is -2.63. The van der Waals surface area contributed by atoms with Gasteiger partial charge >= 0.3 is 23.9 Å². The van der Waals surface area contributed by atoms with Gasteiger partial charge < -0.3 is 19.7 Å². The molecule has 1 unspecified atom stereocenters. The number of unbranched alkanes of at least 4 members (excludes halogenated alkanes) is 5. The van der Waals surface area contributed by atoms with Crippen LogP contribution in [0.2, 0.25) is 0 Å². The van der Waals surface area contributed by atoms with Crippen molar-refractivity contribution >= 4 is 23.9 Å². The second-order valence-corrected chi connectivity index (χ2v) is 5.65. The summed E-state index contributed by atoms with van der Waals surface area (Å²) in [6, 6.07) is 0. The second-order valence-electron chi connectivity index (χ2n) is 5.65. The predicted molar refractivity (Wildman–Crippen MR) is 82.9 cm³/mol. The van der Waals surface area contributed by atoms with Crippen molar-refractivity contribution in [1.82, 2.24) is 0 Å². The summed E-state index contributed by atoms with van der Waals surface area (Å²) in [6.07, 6.45) is 4.00. The summed E-state index contributed by atoms with van der Waals surface area (Å²) in [7, 11) is 0. The van der Waals surface area contributed by atoms with Gasteiger partial charge in [-0.3, -0.25) is 14.4 Å². The van der Waals surface area contributed by atoms with Crippen molar-refractivity contribution in [2.75, 3.05) is 6.61 Å². The van der Waals surface area contributed by atoms with Crippen LogP contribution in [-0.4, -0.2) is 46.3 Å². The zero-order chi connectivity index (χ0) is 18.6. The highest BCUT2D eigenvalue weighted by Gasteiger charge is 2.43. The maximum atomic E-state index is 11.7. The molecule has 24 heavy (non-hydrogen) atoms. The quantitative estimate of drug-likeness (QED) is 0.310. The maximum absolute atomic E-state index is 11.7. The lowest BCUT2D eigenvalue weighted by atomic mass is 9.95. The van der Waals surface area contributed by atoms with Gasteiger partial charge in [0.25, 0.3) is 0 Å². The van der Waals surface area contributed by atoms with Gasteiger partial charge in [0, 0.05) is 6.92 Å². The van der Waals surface area contributed by atoms with Crippen molar-refractivity contribution in [2.24, 2.45) is 0 Å². The molecule has 2 N–H and O–H groups in total. The van der Waals surface area contributed by atoms with E-state index >= 15 is 0 Å². The molecule has 0 spiro atoms. The van der Waals surface area contributed by atoms with Crippen LogP contribution in [0.3, 0.4) is 0 Å². The number of rotatable bonds is 12. The van der Waals surface area contributed by atoms with Crippen molar-refractivity contribution in [3.8, 4) is 0 Å². The van der Waals surface area contributed by atoms with E-state index in [0.29, 0.717) is 6.42 Å². The summed E-state index contributed by atoms with van der Waals surface area (Å²) in [5, 5.41) is 18.8. The van der Waals surface area contributed by atoms with Crippen LogP contribution >= 0.6 is 0 Å². The highest BCUT2D eigenvalue weighted by molar-refractivity contribution is 5.94. The van der Waals surface area contributed by atoms with Gasteiger partial charge in [-0.1, -0.05) is 39.0 Å². The molecule has 0 rings (SSSR count). The number of carbonyl (C=O) groups is 4. The SMILES string of the molecule is CCCCCCCCOC(=O)CC(O)(CC(=O)O)C(=O)OC(C)=O. The van der Waals surface area contributed by atoms with Crippen LogP contribution in [0.25, 0.3) is 0 Å². The van der Waals surface area contributed by atoms with Crippen LogP contribution in [0.4, 0.5) is 0 Å². The van der Waals surface area contributed by atoms with Crippen LogP contribution in [0, 0.1) is 0 Å². The molecule has 0 fully saturated rings. The minimum Gasteiger partial charge on any atom is -0.481 e. The van der Waals surface area contributed by atoms with Crippen molar-refractivity contribution in [3.05, 3.63) is 0 Å². The molecular weight excluding hydrogens is 320 g/mol. The number of carboxylic acids is 1. The number of ether oxygens (including phenoxy) is 2. The lowest BCUT2D eigenvalue weighted by Gasteiger charge is -2.22. The van der Waals surface area contributed by atoms with Crippen molar-refractivity contribution in [1.29, 1.82) is 0 Å². The minimum absolute atomic E-state index is 0.121. The molecule has 0 aromatic heterocycles. The first-order valence-electron chi connectivity index (χ1n) is 8.04. The van der Waals surface area contributed by atoms with E-state index in [9.17, 15) is 24.3 Å². The van der Waals surface area contributed by atoms with Gasteiger partial charge in [-0.2, -0.15) is 0 Å². The summed E-state index contributed by atoms with van der Waals surface area (Å²) in [6.45, 7) is 3.16. The topological polar surface area (TPSA) is 127 Å². The molecule has 0 aromatic rings. The molecular formula is C16H26O8. The van der Waals surface area contributed by atoms with E-state index in [4.69, 9.17) is 9.84 Å². The molecule has 0 bridgehead atoms. The Labute approximate surface area is 141 Å². The van der Waals surface area contributed by atoms with Crippen LogP contribution in [0.15, 0.2) is 0 Å². The summed E-state index contributed by atoms with van der Waals surface area (Å²) in [5.41, 5.74) is -2.63. The third-order valence-electron chi connectivity index (χ3n) is 3.26. The summed E-state index contributed by atoms with van der Waals surface area (Å²) < 4.78 is 9.10. The Morgan fingerprint density at radius 1 is 0.958 bits per heavy atom. The molecule has 1 atom stereocenters. The molecule has 0 radical (unpaired) electrons. The largest absolute Gasteiger partial charge is 0.481 e. The maximum Gasteiger partial charge on any atom is 0.346 e. The lowest BCUT2D eigenvalue weighted by molar-refractivity contribution is -0.181. The predicted octanol–water partition coefficient (Wildman–Crippen LogP) is 1.58. The number of esters is 3. The third kappa shape index (κ3) is 9.94. The first-order chi connectivity index (χ1) is 11.2.